The second kappa shape index (κ2) is 5.45. The third-order valence-corrected chi connectivity index (χ3v) is 3.07. The molecule has 0 bridgehead atoms. The Morgan fingerprint density at radius 2 is 2.35 bits per heavy atom. The van der Waals surface area contributed by atoms with E-state index < -0.39 is 42.4 Å². The maximum atomic E-state index is 13.9. The van der Waals surface area contributed by atoms with Crippen LogP contribution < -0.4 is 11.2 Å². The minimum atomic E-state index is -1.75. The van der Waals surface area contributed by atoms with E-state index in [-0.39, 0.29) is 5.56 Å². The van der Waals surface area contributed by atoms with Crippen molar-refractivity contribution in [3.8, 4) is 0 Å². The van der Waals surface area contributed by atoms with Gasteiger partial charge >= 0.3 is 5.69 Å². The Balaban J connectivity index is 2.50. The third kappa shape index (κ3) is 2.31. The van der Waals surface area contributed by atoms with Gasteiger partial charge in [0.2, 0.25) is 0 Å². The number of halogens is 1. The van der Waals surface area contributed by atoms with Crippen molar-refractivity contribution < 1.29 is 14.2 Å². The first-order valence-electron chi connectivity index (χ1n) is 5.76. The molecular formula is C10H12FN5O4. The monoisotopic (exact) mass is 285 g/mol. The number of alkyl halides is 1. The van der Waals surface area contributed by atoms with Crippen LogP contribution in [0.4, 0.5) is 4.39 Å². The largest absolute Gasteiger partial charge is 0.394 e. The van der Waals surface area contributed by atoms with Crippen LogP contribution in [0.2, 0.25) is 0 Å². The minimum Gasteiger partial charge on any atom is -0.394 e. The summed E-state index contributed by atoms with van der Waals surface area (Å²) < 4.78 is 20.1. The first-order valence-corrected chi connectivity index (χ1v) is 5.76. The molecule has 2 rings (SSSR count). The van der Waals surface area contributed by atoms with Crippen molar-refractivity contribution in [3.63, 3.8) is 0 Å². The van der Waals surface area contributed by atoms with Gasteiger partial charge in [-0.3, -0.25) is 14.3 Å². The molecule has 1 aliphatic rings. The number of aromatic nitrogens is 2. The van der Waals surface area contributed by atoms with Gasteiger partial charge in [-0.25, -0.2) is 9.18 Å². The molecule has 2 heterocycles. The fraction of sp³-hybridized carbons (Fsp3) is 0.600. The second-order valence-electron chi connectivity index (χ2n) is 4.37. The highest BCUT2D eigenvalue weighted by Crippen LogP contribution is 2.32. The quantitative estimate of drug-likeness (QED) is 0.450. The Hall–Kier alpha value is -2.16. The zero-order valence-corrected chi connectivity index (χ0v) is 10.4. The van der Waals surface area contributed by atoms with E-state index in [0.717, 1.165) is 4.57 Å². The van der Waals surface area contributed by atoms with Crippen LogP contribution in [0.5, 0.6) is 0 Å². The molecular weight excluding hydrogens is 273 g/mol. The number of nitrogens with zero attached hydrogens (tertiary/aromatic N) is 4. The number of hydrogen-bond acceptors (Lipinski definition) is 5. The average Bonchev–Trinajstić information content (AvgIpc) is 2.72. The molecule has 20 heavy (non-hydrogen) atoms. The highest BCUT2D eigenvalue weighted by Gasteiger charge is 2.45. The van der Waals surface area contributed by atoms with E-state index in [1.54, 1.807) is 0 Å². The molecule has 0 aromatic carbocycles. The number of nitrogens with one attached hydrogen (secondary N) is 1. The summed E-state index contributed by atoms with van der Waals surface area (Å²) in [5.74, 6) is 0. The Morgan fingerprint density at radius 1 is 1.65 bits per heavy atom. The minimum absolute atomic E-state index is 0.218. The number of ether oxygens (including phenoxy) is 1. The van der Waals surface area contributed by atoms with Gasteiger partial charge in [0.25, 0.3) is 5.56 Å². The predicted octanol–water partition coefficient (Wildman–Crippen LogP) is -0.248. The molecule has 1 aliphatic heterocycles. The zero-order valence-electron chi connectivity index (χ0n) is 10.4. The summed E-state index contributed by atoms with van der Waals surface area (Å²) in [5.41, 5.74) is 7.30. The zero-order chi connectivity index (χ0) is 14.9. The van der Waals surface area contributed by atoms with Crippen molar-refractivity contribution in [2.24, 2.45) is 5.11 Å². The van der Waals surface area contributed by atoms with Crippen molar-refractivity contribution in [2.75, 3.05) is 6.61 Å². The Kier molecular flexibility index (Phi) is 3.89. The number of aliphatic hydroxyl groups is 1. The van der Waals surface area contributed by atoms with E-state index in [9.17, 15) is 14.0 Å². The van der Waals surface area contributed by atoms with Gasteiger partial charge < -0.3 is 9.84 Å². The van der Waals surface area contributed by atoms with Crippen molar-refractivity contribution in [1.82, 2.24) is 9.55 Å². The summed E-state index contributed by atoms with van der Waals surface area (Å²) in [6.07, 6.45) is -2.98. The van der Waals surface area contributed by atoms with Crippen molar-refractivity contribution in [3.05, 3.63) is 43.0 Å². The molecule has 0 spiro atoms. The lowest BCUT2D eigenvalue weighted by molar-refractivity contribution is -0.0372. The van der Waals surface area contributed by atoms with E-state index in [1.165, 1.54) is 13.1 Å². The summed E-state index contributed by atoms with van der Waals surface area (Å²) >= 11 is 0. The summed E-state index contributed by atoms with van der Waals surface area (Å²) in [5, 5.41) is 12.3. The lowest BCUT2D eigenvalue weighted by atomic mass is 10.1. The first-order chi connectivity index (χ1) is 9.49. The SMILES string of the molecule is Cc1cn(C2OC(CO)C(F)C2N=[N+]=[N-])c(=O)[nH]c1=O. The number of hydrogen-bond donors (Lipinski definition) is 2. The number of H-pyrrole nitrogens is 1. The molecule has 0 saturated carbocycles. The molecule has 10 heteroatoms. The highest BCUT2D eigenvalue weighted by molar-refractivity contribution is 5.04. The molecule has 2 N–H and O–H groups in total. The van der Waals surface area contributed by atoms with Gasteiger partial charge in [-0.2, -0.15) is 0 Å². The van der Waals surface area contributed by atoms with Crippen LogP contribution in [-0.4, -0.2) is 39.6 Å². The second-order valence-corrected chi connectivity index (χ2v) is 4.37. The molecule has 1 fully saturated rings. The van der Waals surface area contributed by atoms with Gasteiger partial charge in [-0.1, -0.05) is 5.11 Å². The van der Waals surface area contributed by atoms with E-state index in [0.29, 0.717) is 0 Å². The molecule has 9 nitrogen and oxygen atoms in total. The lowest BCUT2D eigenvalue weighted by Gasteiger charge is -2.17. The van der Waals surface area contributed by atoms with E-state index in [2.05, 4.69) is 10.0 Å². The number of aryl methyl sites for hydroxylation is 1. The summed E-state index contributed by atoms with van der Waals surface area (Å²) in [4.78, 5) is 27.6. The Labute approximate surface area is 111 Å². The third-order valence-electron chi connectivity index (χ3n) is 3.07. The van der Waals surface area contributed by atoms with E-state index in [1.807, 2.05) is 4.98 Å². The predicted molar refractivity (Wildman–Crippen MR) is 64.9 cm³/mol. The van der Waals surface area contributed by atoms with Gasteiger partial charge in [0.15, 0.2) is 0 Å². The normalized spacial score (nSPS) is 29.1. The molecule has 1 aromatic rings. The van der Waals surface area contributed by atoms with Crippen LogP contribution in [-0.2, 0) is 4.74 Å². The number of aliphatic hydroxyl groups excluding tert-OH is 1. The molecule has 4 atom stereocenters. The molecule has 0 radical (unpaired) electrons. The smallest absolute Gasteiger partial charge is 0.330 e. The fourth-order valence-corrected chi connectivity index (χ4v) is 2.04. The summed E-state index contributed by atoms with van der Waals surface area (Å²) in [6, 6.07) is -1.31. The Bertz CT molecular complexity index is 664. The summed E-state index contributed by atoms with van der Waals surface area (Å²) in [7, 11) is 0. The fourth-order valence-electron chi connectivity index (χ4n) is 2.04. The van der Waals surface area contributed by atoms with E-state index in [4.69, 9.17) is 15.4 Å². The topological polar surface area (TPSA) is 133 Å². The van der Waals surface area contributed by atoms with Crippen molar-refractivity contribution in [1.29, 1.82) is 0 Å². The van der Waals surface area contributed by atoms with Gasteiger partial charge in [0, 0.05) is 16.7 Å². The van der Waals surface area contributed by atoms with Crippen LogP contribution in [0.25, 0.3) is 10.4 Å². The first kappa shape index (κ1) is 14.3. The number of rotatable bonds is 3. The summed E-state index contributed by atoms with van der Waals surface area (Å²) in [6.45, 7) is 0.842. The van der Waals surface area contributed by atoms with Gasteiger partial charge in [0.05, 0.1) is 6.61 Å². The number of azide groups is 1. The molecule has 0 aliphatic carbocycles. The molecule has 4 unspecified atom stereocenters. The van der Waals surface area contributed by atoms with Crippen molar-refractivity contribution in [2.45, 2.75) is 31.5 Å². The van der Waals surface area contributed by atoms with Crippen LogP contribution in [0.3, 0.4) is 0 Å². The van der Waals surface area contributed by atoms with Crippen LogP contribution >= 0.6 is 0 Å². The standard InChI is InChI=1S/C10H12FN5O4/c1-4-2-16(10(19)13-8(4)18)9-7(14-15-12)6(11)5(3-17)20-9/h2,5-7,9,17H,3H2,1H3,(H,13,18,19). The van der Waals surface area contributed by atoms with E-state index >= 15 is 0 Å². The van der Waals surface area contributed by atoms with Gasteiger partial charge in [0.1, 0.15) is 24.5 Å². The van der Waals surface area contributed by atoms with Crippen LogP contribution in [0.1, 0.15) is 11.8 Å². The lowest BCUT2D eigenvalue weighted by Crippen LogP contribution is -2.37. The van der Waals surface area contributed by atoms with Gasteiger partial charge in [-0.15, -0.1) is 0 Å². The Morgan fingerprint density at radius 3 is 2.95 bits per heavy atom. The van der Waals surface area contributed by atoms with Gasteiger partial charge in [-0.05, 0) is 12.5 Å². The van der Waals surface area contributed by atoms with Crippen LogP contribution in [0, 0.1) is 6.92 Å². The number of aromatic amines is 1. The molecule has 0 amide bonds. The maximum absolute atomic E-state index is 13.9. The maximum Gasteiger partial charge on any atom is 0.330 e. The van der Waals surface area contributed by atoms with Crippen LogP contribution in [0.15, 0.2) is 20.9 Å². The average molecular weight is 285 g/mol. The molecule has 108 valence electrons. The van der Waals surface area contributed by atoms with Crippen molar-refractivity contribution >= 4 is 0 Å². The molecule has 1 saturated heterocycles. The highest BCUT2D eigenvalue weighted by atomic mass is 19.1. The molecule has 1 aromatic heterocycles.